The second kappa shape index (κ2) is 10.7. The molecule has 0 radical (unpaired) electrons. The Hall–Kier alpha value is -2.45. The molecule has 10 nitrogen and oxygen atoms in total. The number of hydroxylamine groups is 2. The highest BCUT2D eigenvalue weighted by molar-refractivity contribution is 5.94. The van der Waals surface area contributed by atoms with Crippen molar-refractivity contribution in [2.24, 2.45) is 5.73 Å². The van der Waals surface area contributed by atoms with E-state index in [4.69, 9.17) is 15.2 Å². The Morgan fingerprint density at radius 3 is 2.57 bits per heavy atom. The van der Waals surface area contributed by atoms with Gasteiger partial charge in [0.05, 0.1) is 31.9 Å². The number of morpholine rings is 1. The summed E-state index contributed by atoms with van der Waals surface area (Å²) in [6.07, 6.45) is -5.83. The van der Waals surface area contributed by atoms with Crippen molar-refractivity contribution >= 4 is 11.9 Å². The van der Waals surface area contributed by atoms with Crippen molar-refractivity contribution in [2.45, 2.75) is 43.5 Å². The first-order valence-electron chi connectivity index (χ1n) is 11.5. The molecule has 35 heavy (non-hydrogen) atoms. The number of nitrogens with zero attached hydrogens (tertiary/aromatic N) is 3. The molecular weight excluding hydrogens is 471 g/mol. The Balaban J connectivity index is 1.32. The number of carbonyl (C=O) groups is 2. The molecule has 0 bridgehead atoms. The topological polar surface area (TPSA) is 113 Å². The maximum Gasteiger partial charge on any atom is 0.432 e. The average Bonchev–Trinajstić information content (AvgIpc) is 3.55. The summed E-state index contributed by atoms with van der Waals surface area (Å²) in [7, 11) is 1.62. The summed E-state index contributed by atoms with van der Waals surface area (Å²) in [6, 6.07) is 5.57. The minimum atomic E-state index is -4.52. The molecular formula is C22H30F3N5O5. The predicted molar refractivity (Wildman–Crippen MR) is 117 cm³/mol. The summed E-state index contributed by atoms with van der Waals surface area (Å²) in [5.41, 5.74) is 6.52. The highest BCUT2D eigenvalue weighted by Crippen LogP contribution is 2.40. The number of carbonyl (C=O) groups excluding carboxylic acids is 2. The third-order valence-electron chi connectivity index (χ3n) is 6.43. The zero-order valence-electron chi connectivity index (χ0n) is 19.4. The molecule has 3 N–H and O–H groups in total. The normalized spacial score (nSPS) is 27.6. The molecule has 1 aromatic carbocycles. The number of urea groups is 1. The van der Waals surface area contributed by atoms with E-state index in [0.717, 1.165) is 12.8 Å². The van der Waals surface area contributed by atoms with Crippen LogP contribution in [-0.4, -0.2) is 97.9 Å². The fraction of sp³-hybridized carbons (Fsp3) is 0.636. The van der Waals surface area contributed by atoms with Crippen molar-refractivity contribution in [1.82, 2.24) is 20.2 Å². The van der Waals surface area contributed by atoms with Crippen LogP contribution in [0.4, 0.5) is 18.0 Å². The molecule has 3 aliphatic rings. The third kappa shape index (κ3) is 5.86. The van der Waals surface area contributed by atoms with Crippen LogP contribution in [0.5, 0.6) is 0 Å². The maximum atomic E-state index is 13.2. The number of methoxy groups -OCH3 is 1. The highest BCUT2D eigenvalue weighted by atomic mass is 19.4. The molecule has 0 spiro atoms. The zero-order valence-corrected chi connectivity index (χ0v) is 19.4. The largest absolute Gasteiger partial charge is 0.432 e. The molecule has 5 atom stereocenters. The maximum absolute atomic E-state index is 13.2. The number of nitrogens with two attached hydrogens (primary N) is 1. The van der Waals surface area contributed by atoms with Crippen molar-refractivity contribution in [3.05, 3.63) is 35.4 Å². The second-order valence-electron chi connectivity index (χ2n) is 8.79. The molecule has 13 heteroatoms. The molecule has 3 amide bonds. The Bertz CT molecular complexity index is 902. The average molecular weight is 502 g/mol. The molecule has 1 aromatic rings. The lowest BCUT2D eigenvalue weighted by molar-refractivity contribution is -0.148. The van der Waals surface area contributed by atoms with Crippen LogP contribution in [0.3, 0.4) is 0 Å². The SMILES string of the molecule is COC[C@@H]1CCCN1C(=O)N1CCOC[C@@H]1CNC(=O)c1ccc(C(N)N2O[C@H]2C(F)(F)F)cc1. The van der Waals surface area contributed by atoms with Gasteiger partial charge in [-0.05, 0) is 30.5 Å². The zero-order chi connectivity index (χ0) is 25.2. The predicted octanol–water partition coefficient (Wildman–Crippen LogP) is 1.44. The Morgan fingerprint density at radius 2 is 1.91 bits per heavy atom. The minimum Gasteiger partial charge on any atom is -0.383 e. The van der Waals surface area contributed by atoms with Gasteiger partial charge in [0.15, 0.2) is 0 Å². The van der Waals surface area contributed by atoms with Gasteiger partial charge >= 0.3 is 12.2 Å². The van der Waals surface area contributed by atoms with Gasteiger partial charge in [-0.3, -0.25) is 9.63 Å². The van der Waals surface area contributed by atoms with Crippen molar-refractivity contribution < 1.29 is 37.1 Å². The molecule has 4 rings (SSSR count). The monoisotopic (exact) mass is 501 g/mol. The fourth-order valence-corrected chi connectivity index (χ4v) is 4.49. The first-order chi connectivity index (χ1) is 16.7. The van der Waals surface area contributed by atoms with E-state index in [0.29, 0.717) is 49.1 Å². The van der Waals surface area contributed by atoms with Crippen LogP contribution >= 0.6 is 0 Å². The van der Waals surface area contributed by atoms with Crippen molar-refractivity contribution in [3.8, 4) is 0 Å². The Kier molecular flexibility index (Phi) is 7.81. The number of benzene rings is 1. The Labute approximate surface area is 201 Å². The summed E-state index contributed by atoms with van der Waals surface area (Å²) < 4.78 is 48.8. The van der Waals surface area contributed by atoms with Crippen molar-refractivity contribution in [3.63, 3.8) is 0 Å². The van der Waals surface area contributed by atoms with Crippen LogP contribution in [0.15, 0.2) is 24.3 Å². The van der Waals surface area contributed by atoms with E-state index in [1.54, 1.807) is 12.0 Å². The molecule has 3 aliphatic heterocycles. The molecule has 194 valence electrons. The van der Waals surface area contributed by atoms with E-state index in [-0.39, 0.29) is 30.6 Å². The number of likely N-dealkylation sites (tertiary alicyclic amines) is 1. The number of amides is 3. The van der Waals surface area contributed by atoms with Gasteiger partial charge in [-0.2, -0.15) is 13.2 Å². The van der Waals surface area contributed by atoms with Gasteiger partial charge in [0.25, 0.3) is 12.1 Å². The summed E-state index contributed by atoms with van der Waals surface area (Å²) in [5, 5.41) is 3.47. The number of ether oxygens (including phenoxy) is 2. The van der Waals surface area contributed by atoms with Crippen LogP contribution in [-0.2, 0) is 14.3 Å². The van der Waals surface area contributed by atoms with Gasteiger partial charge < -0.3 is 30.3 Å². The number of alkyl halides is 3. The number of rotatable bonds is 7. The molecule has 2 unspecified atom stereocenters. The molecule has 3 heterocycles. The molecule has 0 saturated carbocycles. The quantitative estimate of drug-likeness (QED) is 0.544. The molecule has 3 saturated heterocycles. The van der Waals surface area contributed by atoms with E-state index in [1.165, 1.54) is 24.3 Å². The second-order valence-corrected chi connectivity index (χ2v) is 8.79. The summed E-state index contributed by atoms with van der Waals surface area (Å²) >= 11 is 0. The standard InChI is InChI=1S/C22H30F3N5O5/c1-33-12-16-3-2-8-28(16)21(32)29-9-10-34-13-17(29)11-27-19(31)15-6-4-14(5-7-15)18(26)30-20(35-30)22(23,24)25/h4-7,16-18,20H,2-3,8-13,26H2,1H3,(H,27,31)/t16-,17-,18?,20-,30?/m0/s1. The lowest BCUT2D eigenvalue weighted by Gasteiger charge is -2.39. The van der Waals surface area contributed by atoms with E-state index >= 15 is 0 Å². The smallest absolute Gasteiger partial charge is 0.383 e. The number of nitrogens with one attached hydrogen (secondary N) is 1. The summed E-state index contributed by atoms with van der Waals surface area (Å²) in [5.74, 6) is -0.377. The molecule has 3 fully saturated rings. The van der Waals surface area contributed by atoms with E-state index in [1.807, 2.05) is 4.90 Å². The lowest BCUT2D eigenvalue weighted by atomic mass is 10.1. The van der Waals surface area contributed by atoms with Crippen molar-refractivity contribution in [1.29, 1.82) is 0 Å². The summed E-state index contributed by atoms with van der Waals surface area (Å²) in [6.45, 7) is 2.51. The number of hydrogen-bond acceptors (Lipinski definition) is 7. The van der Waals surface area contributed by atoms with Crippen LogP contribution in [0.25, 0.3) is 0 Å². The lowest BCUT2D eigenvalue weighted by Crippen LogP contribution is -2.58. The van der Waals surface area contributed by atoms with E-state index in [9.17, 15) is 22.8 Å². The number of hydrogen-bond donors (Lipinski definition) is 2. The van der Waals surface area contributed by atoms with E-state index in [2.05, 4.69) is 10.2 Å². The van der Waals surface area contributed by atoms with Gasteiger partial charge in [0.2, 0.25) is 0 Å². The summed E-state index contributed by atoms with van der Waals surface area (Å²) in [4.78, 5) is 33.9. The Morgan fingerprint density at radius 1 is 1.20 bits per heavy atom. The van der Waals surface area contributed by atoms with Gasteiger partial charge in [-0.25, -0.2) is 4.79 Å². The van der Waals surface area contributed by atoms with E-state index < -0.39 is 18.6 Å². The van der Waals surface area contributed by atoms with Crippen LogP contribution in [0.2, 0.25) is 0 Å². The minimum absolute atomic E-state index is 0.0410. The van der Waals surface area contributed by atoms with Crippen LogP contribution in [0, 0.1) is 0 Å². The molecule has 0 aromatic heterocycles. The first kappa shape index (κ1) is 25.6. The molecule has 0 aliphatic carbocycles. The third-order valence-corrected chi connectivity index (χ3v) is 6.43. The van der Waals surface area contributed by atoms with Crippen LogP contribution in [0.1, 0.15) is 34.9 Å². The van der Waals surface area contributed by atoms with Gasteiger partial charge in [0, 0.05) is 32.3 Å². The first-order valence-corrected chi connectivity index (χ1v) is 11.5. The van der Waals surface area contributed by atoms with Crippen LogP contribution < -0.4 is 11.1 Å². The van der Waals surface area contributed by atoms with Gasteiger partial charge in [-0.15, -0.1) is 5.06 Å². The van der Waals surface area contributed by atoms with Gasteiger partial charge in [-0.1, -0.05) is 12.1 Å². The van der Waals surface area contributed by atoms with Gasteiger partial charge in [0.1, 0.15) is 6.17 Å². The number of halogens is 3. The van der Waals surface area contributed by atoms with Crippen molar-refractivity contribution in [2.75, 3.05) is 46.6 Å². The fourth-order valence-electron chi connectivity index (χ4n) is 4.49. The highest BCUT2D eigenvalue weighted by Gasteiger charge is 2.59.